The van der Waals surface area contributed by atoms with Gasteiger partial charge in [-0.25, -0.2) is 14.4 Å². The Morgan fingerprint density at radius 3 is 0.830 bits per heavy atom. The summed E-state index contributed by atoms with van der Waals surface area (Å²) in [6, 6.07) is 45.6. The van der Waals surface area contributed by atoms with Crippen LogP contribution in [0.5, 0.6) is 17.2 Å². The number of benzene rings is 6. The highest BCUT2D eigenvalue weighted by molar-refractivity contribution is 5.92. The Morgan fingerprint density at radius 2 is 0.596 bits per heavy atom. The van der Waals surface area contributed by atoms with Gasteiger partial charge >= 0.3 is 17.9 Å². The summed E-state index contributed by atoms with van der Waals surface area (Å²) >= 11 is 0. The maximum Gasteiger partial charge on any atom is 0.343 e. The van der Waals surface area contributed by atoms with Crippen LogP contribution in [0.25, 0.3) is 0 Å². The quantitative estimate of drug-likeness (QED) is 0.101. The maximum atomic E-state index is 12.6. The molecule has 0 spiro atoms. The molecule has 7 nitrogen and oxygen atoms in total. The van der Waals surface area contributed by atoms with Crippen LogP contribution in [0.15, 0.2) is 164 Å². The van der Waals surface area contributed by atoms with Crippen molar-refractivity contribution in [3.63, 3.8) is 0 Å². The Balaban J connectivity index is 1.29. The van der Waals surface area contributed by atoms with Crippen molar-refractivity contribution in [3.8, 4) is 17.2 Å². The molecule has 0 aliphatic heterocycles. The number of aliphatic hydroxyl groups is 1. The molecular formula is C40H28O7. The van der Waals surface area contributed by atoms with E-state index in [1.807, 2.05) is 18.2 Å². The zero-order valence-corrected chi connectivity index (χ0v) is 25.0. The van der Waals surface area contributed by atoms with Crippen LogP contribution < -0.4 is 14.2 Å². The number of ether oxygens (including phenoxy) is 3. The molecule has 230 valence electrons. The second-order valence-electron chi connectivity index (χ2n) is 10.6. The molecular weight excluding hydrogens is 592 g/mol. The van der Waals surface area contributed by atoms with Gasteiger partial charge in [-0.2, -0.15) is 0 Å². The molecule has 1 N–H and O–H groups in total. The highest BCUT2D eigenvalue weighted by Crippen LogP contribution is 2.39. The van der Waals surface area contributed by atoms with Crippen LogP contribution in [0.2, 0.25) is 0 Å². The molecule has 6 aromatic rings. The fraction of sp³-hybridized carbons (Fsp3) is 0.0250. The minimum absolute atomic E-state index is 0.302. The Morgan fingerprint density at radius 1 is 0.362 bits per heavy atom. The van der Waals surface area contributed by atoms with Gasteiger partial charge in [0.1, 0.15) is 22.8 Å². The number of carbonyl (C=O) groups is 3. The molecule has 0 aliphatic rings. The monoisotopic (exact) mass is 620 g/mol. The molecule has 0 fully saturated rings. The minimum atomic E-state index is -1.70. The average Bonchev–Trinajstić information content (AvgIpc) is 3.13. The molecule has 7 heteroatoms. The summed E-state index contributed by atoms with van der Waals surface area (Å²) in [5.74, 6) is -0.608. The van der Waals surface area contributed by atoms with Gasteiger partial charge in [-0.15, -0.1) is 0 Å². The first-order chi connectivity index (χ1) is 22.9. The van der Waals surface area contributed by atoms with Gasteiger partial charge in [0.25, 0.3) is 0 Å². The van der Waals surface area contributed by atoms with Crippen molar-refractivity contribution in [1.29, 1.82) is 0 Å². The van der Waals surface area contributed by atoms with E-state index >= 15 is 0 Å². The second-order valence-corrected chi connectivity index (χ2v) is 10.6. The van der Waals surface area contributed by atoms with Crippen molar-refractivity contribution < 1.29 is 33.7 Å². The fourth-order valence-corrected chi connectivity index (χ4v) is 5.01. The van der Waals surface area contributed by atoms with Crippen molar-refractivity contribution >= 4 is 17.9 Å². The van der Waals surface area contributed by atoms with Crippen LogP contribution in [0.4, 0.5) is 0 Å². The lowest BCUT2D eigenvalue weighted by atomic mass is 9.80. The van der Waals surface area contributed by atoms with Gasteiger partial charge in [-0.05, 0) is 89.5 Å². The van der Waals surface area contributed by atoms with Gasteiger partial charge in [0.05, 0.1) is 16.7 Å². The van der Waals surface area contributed by atoms with Crippen LogP contribution in [0.1, 0.15) is 47.8 Å². The molecule has 0 aliphatic carbocycles. The smallest absolute Gasteiger partial charge is 0.343 e. The number of rotatable bonds is 9. The first-order valence-corrected chi connectivity index (χ1v) is 14.8. The van der Waals surface area contributed by atoms with Crippen molar-refractivity contribution in [2.24, 2.45) is 0 Å². The van der Waals surface area contributed by atoms with Crippen LogP contribution in [-0.2, 0) is 5.60 Å². The number of hydrogen-bond acceptors (Lipinski definition) is 7. The van der Waals surface area contributed by atoms with Crippen molar-refractivity contribution in [2.45, 2.75) is 5.60 Å². The molecule has 6 aromatic carbocycles. The minimum Gasteiger partial charge on any atom is -0.423 e. The molecule has 0 unspecified atom stereocenters. The van der Waals surface area contributed by atoms with Crippen LogP contribution in [0, 0.1) is 0 Å². The molecule has 0 saturated heterocycles. The predicted molar refractivity (Wildman–Crippen MR) is 176 cm³/mol. The maximum absolute atomic E-state index is 12.6. The topological polar surface area (TPSA) is 99.1 Å². The van der Waals surface area contributed by atoms with E-state index in [9.17, 15) is 19.5 Å². The van der Waals surface area contributed by atoms with Crippen molar-refractivity contribution in [2.75, 3.05) is 0 Å². The van der Waals surface area contributed by atoms with Gasteiger partial charge in [0, 0.05) is 0 Å². The van der Waals surface area contributed by atoms with Crippen molar-refractivity contribution in [1.82, 2.24) is 0 Å². The fourth-order valence-electron chi connectivity index (χ4n) is 5.01. The number of esters is 3. The predicted octanol–water partition coefficient (Wildman–Crippen LogP) is 7.63. The van der Waals surface area contributed by atoms with Gasteiger partial charge in [-0.3, -0.25) is 0 Å². The lowest BCUT2D eigenvalue weighted by Gasteiger charge is -2.30. The van der Waals surface area contributed by atoms with E-state index in [2.05, 4.69) is 0 Å². The first kappa shape index (κ1) is 30.7. The zero-order valence-electron chi connectivity index (χ0n) is 25.0. The van der Waals surface area contributed by atoms with E-state index in [0.717, 1.165) is 0 Å². The molecule has 0 atom stereocenters. The highest BCUT2D eigenvalue weighted by Gasteiger charge is 2.34. The van der Waals surface area contributed by atoms with E-state index in [-0.39, 0.29) is 0 Å². The molecule has 47 heavy (non-hydrogen) atoms. The summed E-state index contributed by atoms with van der Waals surface area (Å²) in [6.07, 6.45) is 0. The van der Waals surface area contributed by atoms with Gasteiger partial charge in [0.2, 0.25) is 0 Å². The summed E-state index contributed by atoms with van der Waals surface area (Å²) in [5, 5.41) is 12.5. The molecule has 0 radical (unpaired) electrons. The zero-order chi connectivity index (χ0) is 32.6. The molecule has 0 aromatic heterocycles. The van der Waals surface area contributed by atoms with E-state index in [0.29, 0.717) is 50.6 Å². The lowest BCUT2D eigenvalue weighted by molar-refractivity contribution is 0.0725. The third-order valence-corrected chi connectivity index (χ3v) is 7.48. The Hall–Kier alpha value is -6.31. The molecule has 6 rings (SSSR count). The normalized spacial score (nSPS) is 10.9. The highest BCUT2D eigenvalue weighted by atomic mass is 16.5. The van der Waals surface area contributed by atoms with Crippen molar-refractivity contribution in [3.05, 3.63) is 197 Å². The third-order valence-electron chi connectivity index (χ3n) is 7.48. The number of hydrogen-bond donors (Lipinski definition) is 1. The summed E-state index contributed by atoms with van der Waals surface area (Å²) in [6.45, 7) is 0. The molecule has 0 heterocycles. The van der Waals surface area contributed by atoms with E-state index in [1.165, 1.54) is 0 Å². The van der Waals surface area contributed by atoms with Gasteiger partial charge < -0.3 is 19.3 Å². The average molecular weight is 621 g/mol. The largest absolute Gasteiger partial charge is 0.423 e. The van der Waals surface area contributed by atoms with E-state index in [4.69, 9.17) is 14.2 Å². The molecule has 0 amide bonds. The lowest BCUT2D eigenvalue weighted by Crippen LogP contribution is -2.29. The Labute approximate surface area is 271 Å². The van der Waals surface area contributed by atoms with Gasteiger partial charge in [0.15, 0.2) is 0 Å². The van der Waals surface area contributed by atoms with Crippen LogP contribution >= 0.6 is 0 Å². The summed E-state index contributed by atoms with van der Waals surface area (Å²) in [5.41, 5.74) is 0.948. The van der Waals surface area contributed by atoms with Crippen LogP contribution in [0.3, 0.4) is 0 Å². The van der Waals surface area contributed by atoms with E-state index in [1.54, 1.807) is 146 Å². The number of carbonyl (C=O) groups excluding carboxylic acids is 3. The van der Waals surface area contributed by atoms with Crippen LogP contribution in [-0.4, -0.2) is 23.0 Å². The Bertz CT molecular complexity index is 1740. The first-order valence-electron chi connectivity index (χ1n) is 14.8. The SMILES string of the molecule is O=C(Oc1ccc(C(O)(c2ccc(OC(=O)c3ccccc3)cc2)c2ccc(OC(=O)c3ccccc3)cc2)cc1)c1ccccc1. The third kappa shape index (κ3) is 7.01. The molecule has 0 bridgehead atoms. The van der Waals surface area contributed by atoms with E-state index < -0.39 is 23.5 Å². The summed E-state index contributed by atoms with van der Waals surface area (Å²) < 4.78 is 16.6. The van der Waals surface area contributed by atoms with Gasteiger partial charge in [-0.1, -0.05) is 91.0 Å². The summed E-state index contributed by atoms with van der Waals surface area (Å²) in [4.78, 5) is 37.8. The molecule has 0 saturated carbocycles. The second kappa shape index (κ2) is 13.8. The standard InChI is InChI=1S/C40H28O7/c41-37(28-10-4-1-5-11-28)45-34-22-16-31(17-23-34)40(44,32-18-24-35(25-19-32)46-38(42)29-12-6-2-7-13-29)33-20-26-36(27-21-33)47-39(43)30-14-8-3-9-15-30/h1-27,44H. The Kier molecular flexibility index (Phi) is 8.99. The summed E-state index contributed by atoms with van der Waals surface area (Å²) in [7, 11) is 0.